The summed E-state index contributed by atoms with van der Waals surface area (Å²) in [5, 5.41) is 2.93. The maximum absolute atomic E-state index is 12.8. The largest absolute Gasteiger partial charge is 0.416 e. The number of amides is 1. The number of benzene rings is 1. The van der Waals surface area contributed by atoms with Crippen LogP contribution in [-0.2, 0) is 16.4 Å². The van der Waals surface area contributed by atoms with Gasteiger partial charge in [-0.2, -0.15) is 13.2 Å². The lowest BCUT2D eigenvalue weighted by molar-refractivity contribution is -0.137. The van der Waals surface area contributed by atoms with Crippen LogP contribution in [0.1, 0.15) is 43.2 Å². The Morgan fingerprint density at radius 1 is 1.30 bits per heavy atom. The molecule has 2 unspecified atom stereocenters. The molecule has 0 aromatic heterocycles. The molecule has 1 aromatic carbocycles. The second kappa shape index (κ2) is 5.82. The van der Waals surface area contributed by atoms with Gasteiger partial charge in [0.2, 0.25) is 5.91 Å². The summed E-state index contributed by atoms with van der Waals surface area (Å²) >= 11 is 0. The lowest BCUT2D eigenvalue weighted by Gasteiger charge is -2.19. The second-order valence-electron chi connectivity index (χ2n) is 6.85. The number of halogens is 3. The number of carbonyl (C=O) groups is 1. The summed E-state index contributed by atoms with van der Waals surface area (Å²) in [6.07, 6.45) is -0.379. The van der Waals surface area contributed by atoms with Gasteiger partial charge >= 0.3 is 6.18 Å². The molecule has 0 bridgehead atoms. The van der Waals surface area contributed by atoms with E-state index in [4.69, 9.17) is 5.73 Å². The Morgan fingerprint density at radius 2 is 2.04 bits per heavy atom. The Labute approximate surface area is 133 Å². The van der Waals surface area contributed by atoms with Crippen molar-refractivity contribution in [1.82, 2.24) is 5.32 Å². The predicted octanol–water partition coefficient (Wildman–Crippen LogP) is 2.98. The van der Waals surface area contributed by atoms with Crippen molar-refractivity contribution in [2.75, 3.05) is 6.54 Å². The van der Waals surface area contributed by atoms with E-state index in [2.05, 4.69) is 5.32 Å². The predicted molar refractivity (Wildman–Crippen MR) is 80.7 cm³/mol. The van der Waals surface area contributed by atoms with Crippen LogP contribution in [0.4, 0.5) is 13.2 Å². The van der Waals surface area contributed by atoms with Crippen molar-refractivity contribution in [3.8, 4) is 0 Å². The zero-order valence-electron chi connectivity index (χ0n) is 12.8. The van der Waals surface area contributed by atoms with Crippen LogP contribution in [-0.4, -0.2) is 18.5 Å². The molecule has 2 atom stereocenters. The van der Waals surface area contributed by atoms with Gasteiger partial charge in [-0.15, -0.1) is 0 Å². The quantitative estimate of drug-likeness (QED) is 0.894. The van der Waals surface area contributed by atoms with Crippen LogP contribution in [0.15, 0.2) is 24.3 Å². The molecule has 2 aliphatic rings. The van der Waals surface area contributed by atoms with Crippen molar-refractivity contribution in [3.05, 3.63) is 35.4 Å². The molecular weight excluding hydrogens is 305 g/mol. The van der Waals surface area contributed by atoms with Crippen molar-refractivity contribution < 1.29 is 18.0 Å². The van der Waals surface area contributed by atoms with E-state index < -0.39 is 11.7 Å². The Balaban J connectivity index is 1.65. The second-order valence-corrected chi connectivity index (χ2v) is 6.85. The normalized spacial score (nSPS) is 26.1. The molecule has 0 spiro atoms. The van der Waals surface area contributed by atoms with E-state index in [0.29, 0.717) is 18.5 Å². The first-order chi connectivity index (χ1) is 10.8. The first-order valence-electron chi connectivity index (χ1n) is 8.01. The minimum atomic E-state index is -4.34. The molecule has 2 fully saturated rings. The maximum atomic E-state index is 12.8. The van der Waals surface area contributed by atoms with Gasteiger partial charge in [0.15, 0.2) is 0 Å². The third-order valence-electron chi connectivity index (χ3n) is 5.10. The van der Waals surface area contributed by atoms with Gasteiger partial charge in [0.25, 0.3) is 0 Å². The van der Waals surface area contributed by atoms with Crippen molar-refractivity contribution in [2.45, 2.75) is 49.7 Å². The Kier molecular flexibility index (Phi) is 4.12. The van der Waals surface area contributed by atoms with Gasteiger partial charge in [-0.05, 0) is 43.7 Å². The molecule has 1 aromatic rings. The molecule has 0 aliphatic heterocycles. The molecule has 2 saturated carbocycles. The van der Waals surface area contributed by atoms with E-state index in [1.807, 2.05) is 0 Å². The lowest BCUT2D eigenvalue weighted by Crippen LogP contribution is -2.36. The summed E-state index contributed by atoms with van der Waals surface area (Å²) in [5.74, 6) is -0.0708. The van der Waals surface area contributed by atoms with E-state index in [-0.39, 0.29) is 23.3 Å². The van der Waals surface area contributed by atoms with Gasteiger partial charge in [-0.1, -0.05) is 18.2 Å². The number of alkyl halides is 3. The van der Waals surface area contributed by atoms with E-state index >= 15 is 0 Å². The van der Waals surface area contributed by atoms with Gasteiger partial charge in [-0.3, -0.25) is 4.79 Å². The summed E-state index contributed by atoms with van der Waals surface area (Å²) in [7, 11) is 0. The molecule has 3 rings (SSSR count). The Bertz CT molecular complexity index is 596. The summed E-state index contributed by atoms with van der Waals surface area (Å²) in [6, 6.07) is 5.54. The minimum absolute atomic E-state index is 0.0174. The molecule has 3 N–H and O–H groups in total. The number of carbonyl (C=O) groups excluding carboxylic acids is 1. The van der Waals surface area contributed by atoms with Crippen LogP contribution in [0, 0.1) is 5.92 Å². The average molecular weight is 326 g/mol. The third-order valence-corrected chi connectivity index (χ3v) is 5.10. The van der Waals surface area contributed by atoms with Crippen LogP contribution in [0.25, 0.3) is 0 Å². The van der Waals surface area contributed by atoms with Crippen molar-refractivity contribution >= 4 is 5.91 Å². The summed E-state index contributed by atoms with van der Waals surface area (Å²) in [5.41, 5.74) is 5.52. The standard InChI is InChI=1S/C17H21F3N2O/c18-17(19,20)13-3-1-2-12(9-13)16(6-7-16)10-22-15(23)11-4-5-14(21)8-11/h1-3,9,11,14H,4-8,10,21H2,(H,22,23). The molecule has 1 amide bonds. The average Bonchev–Trinajstić information content (AvgIpc) is 3.18. The molecular formula is C17H21F3N2O. The zero-order chi connectivity index (χ0) is 16.7. The van der Waals surface area contributed by atoms with Gasteiger partial charge in [0, 0.05) is 23.9 Å². The van der Waals surface area contributed by atoms with Gasteiger partial charge in [-0.25, -0.2) is 0 Å². The topological polar surface area (TPSA) is 55.1 Å². The third kappa shape index (κ3) is 3.52. The molecule has 23 heavy (non-hydrogen) atoms. The minimum Gasteiger partial charge on any atom is -0.355 e. The highest BCUT2D eigenvalue weighted by Gasteiger charge is 2.45. The number of nitrogens with two attached hydrogens (primary N) is 1. The first kappa shape index (κ1) is 16.3. The van der Waals surface area contributed by atoms with Gasteiger partial charge in [0.1, 0.15) is 0 Å². The summed E-state index contributed by atoms with van der Waals surface area (Å²) in [4.78, 5) is 12.2. The number of hydrogen-bond donors (Lipinski definition) is 2. The smallest absolute Gasteiger partial charge is 0.355 e. The van der Waals surface area contributed by atoms with Crippen LogP contribution in [0.3, 0.4) is 0 Å². The highest BCUT2D eigenvalue weighted by Crippen LogP contribution is 2.48. The molecule has 2 aliphatic carbocycles. The van der Waals surface area contributed by atoms with Crippen molar-refractivity contribution in [2.24, 2.45) is 11.7 Å². The van der Waals surface area contributed by atoms with Crippen LogP contribution in [0.2, 0.25) is 0 Å². The van der Waals surface area contributed by atoms with Crippen LogP contribution < -0.4 is 11.1 Å². The highest BCUT2D eigenvalue weighted by atomic mass is 19.4. The van der Waals surface area contributed by atoms with Gasteiger partial charge < -0.3 is 11.1 Å². The van der Waals surface area contributed by atoms with Crippen LogP contribution >= 0.6 is 0 Å². The SMILES string of the molecule is NC1CCC(C(=O)NCC2(c3cccc(C(F)(F)F)c3)CC2)C1. The molecule has 126 valence electrons. The Hall–Kier alpha value is -1.56. The van der Waals surface area contributed by atoms with E-state index in [0.717, 1.165) is 31.7 Å². The van der Waals surface area contributed by atoms with E-state index in [1.165, 1.54) is 12.1 Å². The molecule has 3 nitrogen and oxygen atoms in total. The highest BCUT2D eigenvalue weighted by molar-refractivity contribution is 5.79. The number of nitrogens with one attached hydrogen (secondary N) is 1. The molecule has 0 heterocycles. The van der Waals surface area contributed by atoms with Crippen molar-refractivity contribution in [1.29, 1.82) is 0 Å². The molecule has 0 saturated heterocycles. The van der Waals surface area contributed by atoms with Gasteiger partial charge in [0.05, 0.1) is 5.56 Å². The fourth-order valence-corrected chi connectivity index (χ4v) is 3.40. The lowest BCUT2D eigenvalue weighted by atomic mass is 9.93. The molecule has 6 heteroatoms. The fraction of sp³-hybridized carbons (Fsp3) is 0.588. The maximum Gasteiger partial charge on any atom is 0.416 e. The number of rotatable bonds is 4. The Morgan fingerprint density at radius 3 is 2.61 bits per heavy atom. The summed E-state index contributed by atoms with van der Waals surface area (Å²) in [6.45, 7) is 0.402. The first-order valence-corrected chi connectivity index (χ1v) is 8.01. The fourth-order valence-electron chi connectivity index (χ4n) is 3.40. The zero-order valence-corrected chi connectivity index (χ0v) is 12.8. The van der Waals surface area contributed by atoms with Crippen molar-refractivity contribution in [3.63, 3.8) is 0 Å². The van der Waals surface area contributed by atoms with E-state index in [9.17, 15) is 18.0 Å². The monoisotopic (exact) mass is 326 g/mol. The number of hydrogen-bond acceptors (Lipinski definition) is 2. The molecule has 0 radical (unpaired) electrons. The summed E-state index contributed by atoms with van der Waals surface area (Å²) < 4.78 is 38.5. The van der Waals surface area contributed by atoms with E-state index in [1.54, 1.807) is 6.07 Å². The van der Waals surface area contributed by atoms with Crippen LogP contribution in [0.5, 0.6) is 0 Å².